The molecule has 1 aromatic rings. The first-order valence-corrected chi connectivity index (χ1v) is 8.36. The molecule has 0 saturated heterocycles. The fraction of sp³-hybridized carbons (Fsp3) is 0.375. The van der Waals surface area contributed by atoms with Gasteiger partial charge >= 0.3 is 11.9 Å². The van der Waals surface area contributed by atoms with Crippen LogP contribution in [0.2, 0.25) is 0 Å². The number of carboxylic acids is 2. The van der Waals surface area contributed by atoms with Crippen molar-refractivity contribution in [3.8, 4) is 0 Å². The van der Waals surface area contributed by atoms with Crippen LogP contribution in [0.15, 0.2) is 30.3 Å². The maximum Gasteiger partial charge on any atom is 0.330 e. The minimum atomic E-state index is -1.27. The van der Waals surface area contributed by atoms with Crippen molar-refractivity contribution in [3.05, 3.63) is 35.9 Å². The average molecular weight is 383 g/mol. The summed E-state index contributed by atoms with van der Waals surface area (Å²) in [7, 11) is 0. The standard InChI is InChI=1S/C16H21N3O6S/c17-10(15(22)23)6-7-12(20)18-11(8-26)14(21)19-13(16(24)25)9-4-2-1-3-5-9/h1-5,10-11,13,26H,6-8,17H2,(H,18,20)(H,19,21)(H,22,23)(H,24,25)/t10?,11-,13+/m0/s1. The number of hydrogen-bond donors (Lipinski definition) is 6. The highest BCUT2D eigenvalue weighted by Crippen LogP contribution is 2.13. The van der Waals surface area contributed by atoms with Crippen LogP contribution < -0.4 is 16.4 Å². The summed E-state index contributed by atoms with van der Waals surface area (Å²) in [5.41, 5.74) is 5.69. The molecule has 0 spiro atoms. The number of nitrogens with one attached hydrogen (secondary N) is 2. The Balaban J connectivity index is 2.68. The Bertz CT molecular complexity index is 655. The van der Waals surface area contributed by atoms with Gasteiger partial charge in [0.25, 0.3) is 0 Å². The van der Waals surface area contributed by atoms with Gasteiger partial charge < -0.3 is 26.6 Å². The van der Waals surface area contributed by atoms with Crippen LogP contribution in [0.3, 0.4) is 0 Å². The number of carboxylic acid groups (broad SMARTS) is 2. The van der Waals surface area contributed by atoms with Crippen molar-refractivity contribution in [1.29, 1.82) is 0 Å². The number of hydrogen-bond acceptors (Lipinski definition) is 6. The van der Waals surface area contributed by atoms with Crippen LogP contribution in [-0.4, -0.2) is 51.8 Å². The monoisotopic (exact) mass is 383 g/mol. The Kier molecular flexibility index (Phi) is 8.59. The number of aliphatic carboxylic acids is 2. The zero-order valence-corrected chi connectivity index (χ0v) is 14.7. The van der Waals surface area contributed by atoms with Crippen LogP contribution in [0, 0.1) is 0 Å². The molecule has 0 fully saturated rings. The van der Waals surface area contributed by atoms with E-state index in [9.17, 15) is 24.3 Å². The van der Waals surface area contributed by atoms with Crippen molar-refractivity contribution >= 4 is 36.4 Å². The molecule has 6 N–H and O–H groups in total. The molecule has 142 valence electrons. The minimum Gasteiger partial charge on any atom is -0.480 e. The molecule has 3 atom stereocenters. The molecule has 0 bridgehead atoms. The molecule has 26 heavy (non-hydrogen) atoms. The Morgan fingerprint density at radius 3 is 2.15 bits per heavy atom. The molecule has 0 saturated carbocycles. The number of rotatable bonds is 10. The summed E-state index contributed by atoms with van der Waals surface area (Å²) in [4.78, 5) is 46.2. The van der Waals surface area contributed by atoms with E-state index in [-0.39, 0.29) is 18.6 Å². The molecule has 0 aliphatic rings. The predicted octanol–water partition coefficient (Wildman–Crippen LogP) is -0.465. The molecular weight excluding hydrogens is 362 g/mol. The van der Waals surface area contributed by atoms with Gasteiger partial charge in [-0.1, -0.05) is 30.3 Å². The second-order valence-electron chi connectivity index (χ2n) is 5.48. The Morgan fingerprint density at radius 2 is 1.65 bits per heavy atom. The third kappa shape index (κ3) is 6.73. The van der Waals surface area contributed by atoms with E-state index >= 15 is 0 Å². The van der Waals surface area contributed by atoms with E-state index in [4.69, 9.17) is 10.8 Å². The van der Waals surface area contributed by atoms with Crippen molar-refractivity contribution in [1.82, 2.24) is 10.6 Å². The van der Waals surface area contributed by atoms with Crippen LogP contribution in [-0.2, 0) is 19.2 Å². The van der Waals surface area contributed by atoms with Crippen molar-refractivity contribution in [3.63, 3.8) is 0 Å². The van der Waals surface area contributed by atoms with Crippen molar-refractivity contribution in [2.75, 3.05) is 5.75 Å². The van der Waals surface area contributed by atoms with Gasteiger partial charge in [-0.3, -0.25) is 14.4 Å². The van der Waals surface area contributed by atoms with Gasteiger partial charge in [-0.05, 0) is 12.0 Å². The lowest BCUT2D eigenvalue weighted by molar-refractivity contribution is -0.142. The maximum atomic E-state index is 12.3. The predicted molar refractivity (Wildman–Crippen MR) is 95.6 cm³/mol. The lowest BCUT2D eigenvalue weighted by atomic mass is 10.1. The number of amides is 2. The molecule has 10 heteroatoms. The normalized spacial score (nSPS) is 13.9. The Labute approximate surface area is 155 Å². The van der Waals surface area contributed by atoms with Gasteiger partial charge in [0.05, 0.1) is 0 Å². The summed E-state index contributed by atoms with van der Waals surface area (Å²) in [5, 5.41) is 22.7. The van der Waals surface area contributed by atoms with Crippen molar-refractivity contribution in [2.45, 2.75) is 31.0 Å². The van der Waals surface area contributed by atoms with Gasteiger partial charge in [-0.2, -0.15) is 12.6 Å². The second kappa shape index (κ2) is 10.4. The van der Waals surface area contributed by atoms with Crippen LogP contribution in [0.25, 0.3) is 0 Å². The first-order valence-electron chi connectivity index (χ1n) is 7.73. The van der Waals surface area contributed by atoms with Crippen LogP contribution in [0.1, 0.15) is 24.4 Å². The molecule has 0 aliphatic heterocycles. The van der Waals surface area contributed by atoms with E-state index in [2.05, 4.69) is 23.3 Å². The first kappa shape index (κ1) is 21.5. The smallest absolute Gasteiger partial charge is 0.330 e. The quantitative estimate of drug-likeness (QED) is 0.298. The Morgan fingerprint density at radius 1 is 1.04 bits per heavy atom. The van der Waals surface area contributed by atoms with E-state index in [1.807, 2.05) is 0 Å². The molecular formula is C16H21N3O6S. The molecule has 1 rings (SSSR count). The molecule has 2 amide bonds. The molecule has 0 heterocycles. The van der Waals surface area contributed by atoms with Gasteiger partial charge in [0.15, 0.2) is 6.04 Å². The summed E-state index contributed by atoms with van der Waals surface area (Å²) in [5.74, 6) is -3.84. The fourth-order valence-corrected chi connectivity index (χ4v) is 2.30. The zero-order valence-electron chi connectivity index (χ0n) is 13.8. The van der Waals surface area contributed by atoms with Gasteiger partial charge in [-0.15, -0.1) is 0 Å². The maximum absolute atomic E-state index is 12.3. The number of benzene rings is 1. The molecule has 9 nitrogen and oxygen atoms in total. The zero-order chi connectivity index (χ0) is 19.7. The second-order valence-corrected chi connectivity index (χ2v) is 5.84. The molecule has 1 aromatic carbocycles. The van der Waals surface area contributed by atoms with E-state index < -0.39 is 41.9 Å². The molecule has 0 radical (unpaired) electrons. The highest BCUT2D eigenvalue weighted by molar-refractivity contribution is 7.80. The van der Waals surface area contributed by atoms with Gasteiger partial charge in [0.1, 0.15) is 12.1 Å². The topological polar surface area (TPSA) is 159 Å². The van der Waals surface area contributed by atoms with Gasteiger partial charge in [-0.25, -0.2) is 4.79 Å². The van der Waals surface area contributed by atoms with E-state index in [1.54, 1.807) is 30.3 Å². The Hall–Kier alpha value is -2.59. The van der Waals surface area contributed by atoms with Crippen molar-refractivity contribution < 1.29 is 29.4 Å². The van der Waals surface area contributed by atoms with Crippen LogP contribution >= 0.6 is 12.6 Å². The lowest BCUT2D eigenvalue weighted by Gasteiger charge is -2.20. The average Bonchev–Trinajstić information content (AvgIpc) is 2.62. The number of carbonyl (C=O) groups is 4. The van der Waals surface area contributed by atoms with E-state index in [0.717, 1.165) is 0 Å². The van der Waals surface area contributed by atoms with Crippen LogP contribution in [0.5, 0.6) is 0 Å². The highest BCUT2D eigenvalue weighted by Gasteiger charge is 2.27. The summed E-state index contributed by atoms with van der Waals surface area (Å²) in [6, 6.07) is 4.57. The van der Waals surface area contributed by atoms with Crippen LogP contribution in [0.4, 0.5) is 0 Å². The third-order valence-corrected chi connectivity index (χ3v) is 3.87. The fourth-order valence-electron chi connectivity index (χ4n) is 2.05. The number of thiol groups is 1. The number of carbonyl (C=O) groups excluding carboxylic acids is 2. The molecule has 1 unspecified atom stereocenters. The SMILES string of the molecule is NC(CCC(=O)N[C@@H](CS)C(=O)N[C@@H](C(=O)O)c1ccccc1)C(=O)O. The minimum absolute atomic E-state index is 0.0658. The summed E-state index contributed by atoms with van der Waals surface area (Å²) in [6.45, 7) is 0. The summed E-state index contributed by atoms with van der Waals surface area (Å²) < 4.78 is 0. The van der Waals surface area contributed by atoms with Gasteiger partial charge in [0, 0.05) is 12.2 Å². The van der Waals surface area contributed by atoms with E-state index in [1.165, 1.54) is 0 Å². The number of nitrogens with two attached hydrogens (primary N) is 1. The molecule has 0 aromatic heterocycles. The largest absolute Gasteiger partial charge is 0.480 e. The first-order chi connectivity index (χ1) is 12.3. The lowest BCUT2D eigenvalue weighted by Crippen LogP contribution is -2.50. The molecule has 0 aliphatic carbocycles. The van der Waals surface area contributed by atoms with Gasteiger partial charge in [0.2, 0.25) is 11.8 Å². The summed E-state index contributed by atoms with van der Waals surface area (Å²) in [6.07, 6.45) is -0.282. The van der Waals surface area contributed by atoms with E-state index in [0.29, 0.717) is 5.56 Å². The highest BCUT2D eigenvalue weighted by atomic mass is 32.1. The van der Waals surface area contributed by atoms with Crippen molar-refractivity contribution in [2.24, 2.45) is 5.73 Å². The third-order valence-electron chi connectivity index (χ3n) is 3.50. The summed E-state index contributed by atoms with van der Waals surface area (Å²) >= 11 is 3.99.